The summed E-state index contributed by atoms with van der Waals surface area (Å²) < 4.78 is 34.1. The highest BCUT2D eigenvalue weighted by Gasteiger charge is 2.17. The first-order chi connectivity index (χ1) is 15.6. The molecule has 32 heavy (non-hydrogen) atoms. The summed E-state index contributed by atoms with van der Waals surface area (Å²) in [5, 5.41) is 11.5. The van der Waals surface area contributed by atoms with Crippen LogP contribution in [0.2, 0.25) is 0 Å². The molecule has 6 nitrogen and oxygen atoms in total. The summed E-state index contributed by atoms with van der Waals surface area (Å²) in [6, 6.07) is 22.0. The summed E-state index contributed by atoms with van der Waals surface area (Å²) in [4.78, 5) is 12.3. The van der Waals surface area contributed by atoms with Crippen molar-refractivity contribution in [2.75, 3.05) is 11.1 Å². The lowest BCUT2D eigenvalue weighted by atomic mass is 10.3. The van der Waals surface area contributed by atoms with Crippen molar-refractivity contribution in [2.24, 2.45) is 0 Å². The molecule has 1 amide bonds. The Morgan fingerprint density at radius 1 is 0.938 bits per heavy atom. The predicted molar refractivity (Wildman–Crippen MR) is 118 cm³/mol. The minimum atomic E-state index is -1.03. The van der Waals surface area contributed by atoms with Gasteiger partial charge in [-0.2, -0.15) is 0 Å². The highest BCUT2D eigenvalue weighted by molar-refractivity contribution is 7.99. The molecule has 4 rings (SSSR count). The zero-order valence-electron chi connectivity index (χ0n) is 16.7. The first-order valence-corrected chi connectivity index (χ1v) is 10.6. The largest absolute Gasteiger partial charge is 0.486 e. The fraction of sp³-hybridized carbons (Fsp3) is 0.0870. The molecule has 0 saturated carbocycles. The standard InChI is InChI=1S/C23H18F2N4O2S/c24-19-12-11-16(13-20(19)25)26-22(30)15-32-23-28-27-21(14-31-18-9-5-2-6-10-18)29(23)17-7-3-1-4-8-17/h1-13H,14-15H2,(H,26,30). The van der Waals surface area contributed by atoms with Gasteiger partial charge in [0.15, 0.2) is 22.6 Å². The van der Waals surface area contributed by atoms with Crippen molar-refractivity contribution >= 4 is 23.4 Å². The topological polar surface area (TPSA) is 69.0 Å². The number of ether oxygens (including phenoxy) is 1. The summed E-state index contributed by atoms with van der Waals surface area (Å²) >= 11 is 1.17. The van der Waals surface area contributed by atoms with Crippen molar-refractivity contribution in [3.8, 4) is 11.4 Å². The first-order valence-electron chi connectivity index (χ1n) is 9.65. The molecular weight excluding hydrogens is 434 g/mol. The number of anilines is 1. The predicted octanol–water partition coefficient (Wildman–Crippen LogP) is 4.86. The molecule has 4 aromatic rings. The summed E-state index contributed by atoms with van der Waals surface area (Å²) in [5.41, 5.74) is 1.00. The van der Waals surface area contributed by atoms with Crippen LogP contribution in [0.5, 0.6) is 5.75 Å². The van der Waals surface area contributed by atoms with Gasteiger partial charge in [0.25, 0.3) is 0 Å². The number of amides is 1. The second-order valence-corrected chi connectivity index (χ2v) is 7.58. The maximum atomic E-state index is 13.4. The van der Waals surface area contributed by atoms with Gasteiger partial charge in [0.2, 0.25) is 5.91 Å². The molecule has 1 heterocycles. The molecule has 0 aliphatic carbocycles. The van der Waals surface area contributed by atoms with Crippen molar-refractivity contribution < 1.29 is 18.3 Å². The normalized spacial score (nSPS) is 10.7. The molecule has 1 aromatic heterocycles. The third kappa shape index (κ3) is 5.30. The molecule has 3 aromatic carbocycles. The van der Waals surface area contributed by atoms with Crippen LogP contribution in [-0.4, -0.2) is 26.4 Å². The van der Waals surface area contributed by atoms with Crippen LogP contribution in [0.1, 0.15) is 5.82 Å². The molecule has 9 heteroatoms. The van der Waals surface area contributed by atoms with Crippen molar-refractivity contribution in [1.29, 1.82) is 0 Å². The van der Waals surface area contributed by atoms with Gasteiger partial charge in [-0.25, -0.2) is 8.78 Å². The van der Waals surface area contributed by atoms with Gasteiger partial charge in [-0.1, -0.05) is 48.2 Å². The van der Waals surface area contributed by atoms with Gasteiger partial charge in [-0.3, -0.25) is 9.36 Å². The monoisotopic (exact) mass is 452 g/mol. The summed E-state index contributed by atoms with van der Waals surface area (Å²) in [6.07, 6.45) is 0. The van der Waals surface area contributed by atoms with E-state index >= 15 is 0 Å². The average molecular weight is 452 g/mol. The lowest BCUT2D eigenvalue weighted by Gasteiger charge is -2.11. The van der Waals surface area contributed by atoms with Crippen molar-refractivity contribution in [3.63, 3.8) is 0 Å². The number of benzene rings is 3. The van der Waals surface area contributed by atoms with E-state index in [1.807, 2.05) is 65.2 Å². The zero-order valence-corrected chi connectivity index (χ0v) is 17.6. The molecule has 0 aliphatic heterocycles. The zero-order chi connectivity index (χ0) is 22.3. The summed E-state index contributed by atoms with van der Waals surface area (Å²) in [6.45, 7) is 0.188. The first kappa shape index (κ1) is 21.5. The molecule has 0 fully saturated rings. The lowest BCUT2D eigenvalue weighted by molar-refractivity contribution is -0.113. The number of carbonyl (C=O) groups excluding carboxylic acids is 1. The van der Waals surface area contributed by atoms with E-state index in [0.29, 0.717) is 16.7 Å². The van der Waals surface area contributed by atoms with Gasteiger partial charge in [0.05, 0.1) is 5.75 Å². The maximum absolute atomic E-state index is 13.4. The molecule has 162 valence electrons. The highest BCUT2D eigenvalue weighted by atomic mass is 32.2. The van der Waals surface area contributed by atoms with Gasteiger partial charge < -0.3 is 10.1 Å². The highest BCUT2D eigenvalue weighted by Crippen LogP contribution is 2.23. The van der Waals surface area contributed by atoms with Gasteiger partial charge in [-0.05, 0) is 36.4 Å². The lowest BCUT2D eigenvalue weighted by Crippen LogP contribution is -2.15. The summed E-state index contributed by atoms with van der Waals surface area (Å²) in [7, 11) is 0. The molecule has 0 atom stereocenters. The molecule has 0 bridgehead atoms. The number of hydrogen-bond donors (Lipinski definition) is 1. The van der Waals surface area contributed by atoms with Crippen LogP contribution >= 0.6 is 11.8 Å². The van der Waals surface area contributed by atoms with Crippen LogP contribution in [0.3, 0.4) is 0 Å². The van der Waals surface area contributed by atoms with E-state index in [1.54, 1.807) is 0 Å². The van der Waals surface area contributed by atoms with Gasteiger partial charge >= 0.3 is 0 Å². The van der Waals surface area contributed by atoms with E-state index in [-0.39, 0.29) is 24.0 Å². The SMILES string of the molecule is O=C(CSc1nnc(COc2ccccc2)n1-c1ccccc1)Nc1ccc(F)c(F)c1. The Bertz CT molecular complexity index is 1200. The number of thioether (sulfide) groups is 1. The smallest absolute Gasteiger partial charge is 0.234 e. The third-order valence-electron chi connectivity index (χ3n) is 4.36. The molecule has 0 aliphatic rings. The number of para-hydroxylation sites is 2. The van der Waals surface area contributed by atoms with Crippen molar-refractivity contribution in [2.45, 2.75) is 11.8 Å². The van der Waals surface area contributed by atoms with Crippen LogP contribution in [0.25, 0.3) is 5.69 Å². The Hall–Kier alpha value is -3.72. The Kier molecular flexibility index (Phi) is 6.76. The fourth-order valence-electron chi connectivity index (χ4n) is 2.89. The Balaban J connectivity index is 1.48. The van der Waals surface area contributed by atoms with E-state index in [2.05, 4.69) is 15.5 Å². The molecule has 0 radical (unpaired) electrons. The second-order valence-electron chi connectivity index (χ2n) is 6.64. The Labute approximate surface area is 187 Å². The quantitative estimate of drug-likeness (QED) is 0.387. The number of carbonyl (C=O) groups is 1. The fourth-order valence-corrected chi connectivity index (χ4v) is 3.66. The minimum Gasteiger partial charge on any atom is -0.486 e. The van der Waals surface area contributed by atoms with Crippen LogP contribution < -0.4 is 10.1 Å². The number of aromatic nitrogens is 3. The van der Waals surface area contributed by atoms with Crippen molar-refractivity contribution in [1.82, 2.24) is 14.8 Å². The van der Waals surface area contributed by atoms with Crippen LogP contribution in [0.15, 0.2) is 84.0 Å². The van der Waals surface area contributed by atoms with E-state index < -0.39 is 11.6 Å². The van der Waals surface area contributed by atoms with E-state index in [0.717, 1.165) is 17.8 Å². The van der Waals surface area contributed by atoms with Crippen LogP contribution in [0.4, 0.5) is 14.5 Å². The van der Waals surface area contributed by atoms with Gasteiger partial charge in [0.1, 0.15) is 12.4 Å². The van der Waals surface area contributed by atoms with E-state index in [1.165, 1.54) is 17.8 Å². The third-order valence-corrected chi connectivity index (χ3v) is 5.29. The van der Waals surface area contributed by atoms with Crippen molar-refractivity contribution in [3.05, 3.63) is 96.3 Å². The van der Waals surface area contributed by atoms with Gasteiger partial charge in [0, 0.05) is 17.4 Å². The number of nitrogens with one attached hydrogen (secondary N) is 1. The molecular formula is C23H18F2N4O2S. The number of hydrogen-bond acceptors (Lipinski definition) is 5. The van der Waals surface area contributed by atoms with E-state index in [4.69, 9.17) is 4.74 Å². The van der Waals surface area contributed by atoms with Gasteiger partial charge in [-0.15, -0.1) is 10.2 Å². The second kappa shape index (κ2) is 10.1. The van der Waals surface area contributed by atoms with E-state index in [9.17, 15) is 13.6 Å². The molecule has 1 N–H and O–H groups in total. The summed E-state index contributed by atoms with van der Waals surface area (Å²) in [5.74, 6) is -1.10. The Morgan fingerprint density at radius 2 is 1.66 bits per heavy atom. The molecule has 0 spiro atoms. The average Bonchev–Trinajstić information content (AvgIpc) is 3.23. The number of nitrogens with zero attached hydrogens (tertiary/aromatic N) is 3. The molecule has 0 unspecified atom stereocenters. The number of rotatable bonds is 8. The molecule has 0 saturated heterocycles. The number of halogens is 2. The van der Waals surface area contributed by atoms with Crippen LogP contribution in [0, 0.1) is 11.6 Å². The Morgan fingerprint density at radius 3 is 2.38 bits per heavy atom. The maximum Gasteiger partial charge on any atom is 0.234 e. The minimum absolute atomic E-state index is 0.00348. The van der Waals surface area contributed by atoms with Crippen LogP contribution in [-0.2, 0) is 11.4 Å².